The van der Waals surface area contributed by atoms with Crippen molar-refractivity contribution in [1.29, 1.82) is 0 Å². The van der Waals surface area contributed by atoms with Gasteiger partial charge in [-0.05, 0) is 139 Å². The third-order valence-electron chi connectivity index (χ3n) is 15.3. The van der Waals surface area contributed by atoms with Gasteiger partial charge in [0.25, 0.3) is 0 Å². The van der Waals surface area contributed by atoms with Crippen LogP contribution < -0.4 is 16.0 Å². The van der Waals surface area contributed by atoms with Gasteiger partial charge in [-0.1, -0.05) is 168 Å². The number of hydrogen-bond acceptors (Lipinski definition) is 2. The first kappa shape index (κ1) is 34.2. The van der Waals surface area contributed by atoms with E-state index in [1.807, 2.05) is 22.8 Å². The number of aromatic nitrogens is 2. The van der Waals surface area contributed by atoms with E-state index in [0.717, 1.165) is 88.5 Å². The standard InChI is InChI=1S/C66H62BN3O/c1-63(2,3)41-24-28-46(29-25-41)69-55-37-44(66(10,11)12)36-47-48-38-54-57(49-34-42(64(4,5)6)26-30-52(49)68(54)45-21-17-14-18-22-45)58-50-35-43(65(7,8)9)27-31-53(50)70(60(48)58)67(59(47)55)62-61(69)51-33-40(23-32-56(51)71-62)39-19-15-13-16-20-39/h13-38H,1-12H3/i13D,14D,15D,16D,17D,18D,19D,20D,21D,22D. The summed E-state index contributed by atoms with van der Waals surface area (Å²) in [5, 5.41) is 4.47. The number of benzene rings is 8. The first-order chi connectivity index (χ1) is 37.9. The normalized spacial score (nSPS) is 15.8. The number of para-hydroxylation sites is 1. The number of furan rings is 1. The largest absolute Gasteiger partial charge is 0.466 e. The molecule has 13 rings (SSSR count). The van der Waals surface area contributed by atoms with Crippen molar-refractivity contribution in [2.45, 2.75) is 105 Å². The first-order valence-corrected chi connectivity index (χ1v) is 24.8. The van der Waals surface area contributed by atoms with Gasteiger partial charge in [0.15, 0.2) is 0 Å². The summed E-state index contributed by atoms with van der Waals surface area (Å²) in [5.74, 6) is 0. The summed E-state index contributed by atoms with van der Waals surface area (Å²) in [6, 6.07) is 30.4. The van der Waals surface area contributed by atoms with Crippen LogP contribution >= 0.6 is 0 Å². The highest BCUT2D eigenvalue weighted by Crippen LogP contribution is 2.53. The van der Waals surface area contributed by atoms with Crippen LogP contribution in [0, 0.1) is 0 Å². The van der Waals surface area contributed by atoms with E-state index in [9.17, 15) is 2.74 Å². The summed E-state index contributed by atoms with van der Waals surface area (Å²) >= 11 is 0. The van der Waals surface area contributed by atoms with Gasteiger partial charge in [-0.3, -0.25) is 0 Å². The fourth-order valence-corrected chi connectivity index (χ4v) is 11.5. The van der Waals surface area contributed by atoms with Crippen molar-refractivity contribution in [3.8, 4) is 27.9 Å². The van der Waals surface area contributed by atoms with E-state index < -0.39 is 43.1 Å². The Balaban J connectivity index is 1.26. The summed E-state index contributed by atoms with van der Waals surface area (Å²) in [5.41, 5.74) is 14.1. The smallest absolute Gasteiger partial charge is 0.375 e. The molecule has 5 heteroatoms. The fraction of sp³-hybridized carbons (Fsp3) is 0.242. The average molecular weight is 934 g/mol. The molecule has 71 heavy (non-hydrogen) atoms. The minimum atomic E-state index is -0.564. The molecule has 0 amide bonds. The lowest BCUT2D eigenvalue weighted by molar-refractivity contribution is 0.590. The molecule has 350 valence electrons. The third-order valence-corrected chi connectivity index (χ3v) is 15.3. The topological polar surface area (TPSA) is 26.2 Å². The van der Waals surface area contributed by atoms with Gasteiger partial charge >= 0.3 is 6.85 Å². The summed E-state index contributed by atoms with van der Waals surface area (Å²) in [4.78, 5) is 2.28. The van der Waals surface area contributed by atoms with Gasteiger partial charge in [0.05, 0.1) is 30.4 Å². The second-order valence-corrected chi connectivity index (χ2v) is 24.0. The fourth-order valence-electron chi connectivity index (χ4n) is 11.5. The van der Waals surface area contributed by atoms with Crippen LogP contribution in [-0.2, 0) is 21.7 Å². The molecule has 2 aliphatic rings. The zero-order chi connectivity index (χ0) is 58.0. The van der Waals surface area contributed by atoms with Gasteiger partial charge in [-0.25, -0.2) is 0 Å². The van der Waals surface area contributed by atoms with Crippen molar-refractivity contribution in [3.63, 3.8) is 0 Å². The molecule has 0 spiro atoms. The highest BCUT2D eigenvalue weighted by Gasteiger charge is 2.47. The van der Waals surface area contributed by atoms with Crippen LogP contribution in [0.5, 0.6) is 0 Å². The number of fused-ring (bicyclic) bond motifs is 13. The minimum Gasteiger partial charge on any atom is -0.466 e. The Bertz CT molecular complexity index is 4580. The van der Waals surface area contributed by atoms with Crippen LogP contribution in [0.15, 0.2) is 162 Å². The van der Waals surface area contributed by atoms with Gasteiger partial charge in [0.2, 0.25) is 0 Å². The van der Waals surface area contributed by atoms with E-state index in [-0.39, 0.29) is 57.1 Å². The zero-order valence-corrected chi connectivity index (χ0v) is 42.6. The van der Waals surface area contributed by atoms with Crippen LogP contribution in [0.1, 0.15) is 119 Å². The SMILES string of the molecule is [2H]c1c([2H])c([2H])c(-c2ccc3oc4c(c3c2)N(c2ccc(C(C)(C)C)cc2)c2cc(C(C)(C)C)cc3c2B4n2c4ccc(C(C)(C)C)cc4c4c5c6cc(C(C)(C)C)ccc6n(-c6c([2H])c([2H])c([2H])c([2H])c6[2H])c5cc-3c42)c([2H])c1[2H]. The van der Waals surface area contributed by atoms with E-state index >= 15 is 0 Å². The monoisotopic (exact) mass is 934 g/mol. The van der Waals surface area contributed by atoms with E-state index in [1.54, 1.807) is 6.07 Å². The van der Waals surface area contributed by atoms with Crippen LogP contribution in [0.4, 0.5) is 17.1 Å². The van der Waals surface area contributed by atoms with E-state index in [0.29, 0.717) is 33.2 Å². The van der Waals surface area contributed by atoms with Crippen molar-refractivity contribution in [2.75, 3.05) is 4.90 Å². The van der Waals surface area contributed by atoms with Crippen LogP contribution in [0.25, 0.3) is 82.5 Å². The number of rotatable bonds is 3. The molecule has 4 nitrogen and oxygen atoms in total. The molecule has 0 atom stereocenters. The maximum absolute atomic E-state index is 9.53. The zero-order valence-electron chi connectivity index (χ0n) is 52.6. The molecule has 0 N–H and O–H groups in total. The molecule has 0 bridgehead atoms. The van der Waals surface area contributed by atoms with E-state index in [4.69, 9.17) is 15.4 Å². The Labute approximate surface area is 432 Å². The molecule has 11 aromatic rings. The second kappa shape index (κ2) is 14.7. The maximum atomic E-state index is 9.53. The molecule has 0 fully saturated rings. The summed E-state index contributed by atoms with van der Waals surface area (Å²) in [7, 11) is 0. The Morgan fingerprint density at radius 1 is 0.465 bits per heavy atom. The highest BCUT2D eigenvalue weighted by atomic mass is 16.3. The van der Waals surface area contributed by atoms with Gasteiger partial charge in [-0.15, -0.1) is 0 Å². The molecule has 0 saturated carbocycles. The number of anilines is 3. The predicted octanol–water partition coefficient (Wildman–Crippen LogP) is 16.9. The second-order valence-electron chi connectivity index (χ2n) is 24.0. The summed E-state index contributed by atoms with van der Waals surface area (Å²) in [6.45, 7) is 25.8. The third kappa shape index (κ3) is 6.44. The molecule has 5 heterocycles. The number of nitrogens with zero attached hydrogens (tertiary/aromatic N) is 3. The molecular weight excluding hydrogens is 862 g/mol. The van der Waals surface area contributed by atoms with Crippen molar-refractivity contribution >= 4 is 89.6 Å². The first-order valence-electron chi connectivity index (χ1n) is 29.8. The molecule has 0 radical (unpaired) electrons. The molecule has 2 aliphatic heterocycles. The van der Waals surface area contributed by atoms with E-state index in [2.05, 4.69) is 165 Å². The van der Waals surface area contributed by atoms with Crippen LogP contribution in [0.2, 0.25) is 0 Å². The maximum Gasteiger partial charge on any atom is 0.375 e. The van der Waals surface area contributed by atoms with Crippen molar-refractivity contribution < 1.29 is 18.1 Å². The van der Waals surface area contributed by atoms with Gasteiger partial charge < -0.3 is 18.4 Å². The van der Waals surface area contributed by atoms with Crippen molar-refractivity contribution in [2.24, 2.45) is 0 Å². The lowest BCUT2D eigenvalue weighted by Crippen LogP contribution is -2.56. The number of hydrogen-bond donors (Lipinski definition) is 0. The highest BCUT2D eigenvalue weighted by molar-refractivity contribution is 6.89. The van der Waals surface area contributed by atoms with Gasteiger partial charge in [-0.2, -0.15) is 0 Å². The van der Waals surface area contributed by atoms with Gasteiger partial charge in [0.1, 0.15) is 11.2 Å². The van der Waals surface area contributed by atoms with Crippen LogP contribution in [0.3, 0.4) is 0 Å². The molecule has 0 saturated heterocycles. The van der Waals surface area contributed by atoms with Crippen LogP contribution in [-0.4, -0.2) is 15.9 Å². The Kier molecular flexibility index (Phi) is 7.06. The molecular formula is C66H62BN3O. The summed E-state index contributed by atoms with van der Waals surface area (Å²) in [6.07, 6.45) is 0. The predicted molar refractivity (Wildman–Crippen MR) is 304 cm³/mol. The van der Waals surface area contributed by atoms with E-state index in [1.165, 1.54) is 0 Å². The quantitative estimate of drug-likeness (QED) is 0.165. The van der Waals surface area contributed by atoms with Crippen molar-refractivity contribution in [3.05, 3.63) is 180 Å². The Morgan fingerprint density at radius 3 is 1.69 bits per heavy atom. The van der Waals surface area contributed by atoms with Gasteiger partial charge in [0, 0.05) is 60.6 Å². The molecule has 8 aromatic carbocycles. The average Bonchev–Trinajstić information content (AvgIpc) is 1.71. The minimum absolute atomic E-state index is 0.0779. The summed E-state index contributed by atoms with van der Waals surface area (Å²) < 4.78 is 101. The Hall–Kier alpha value is -7.24. The Morgan fingerprint density at radius 2 is 1.06 bits per heavy atom. The molecule has 0 unspecified atom stereocenters. The lowest BCUT2D eigenvalue weighted by atomic mass is 9.47. The molecule has 0 aliphatic carbocycles. The van der Waals surface area contributed by atoms with Crippen molar-refractivity contribution in [1.82, 2.24) is 9.05 Å². The molecule has 3 aromatic heterocycles. The lowest BCUT2D eigenvalue weighted by Gasteiger charge is -2.39.